The third-order valence-corrected chi connectivity index (χ3v) is 6.23. The highest BCUT2D eigenvalue weighted by atomic mass is 16.5. The SMILES string of the molecule is Cc1noc(C)c1CN1[C@H]2CC[C@@H]1[C@@](CO)(Cc1ccccc1)C2. The van der Waals surface area contributed by atoms with Gasteiger partial charge in [-0.05, 0) is 45.1 Å². The van der Waals surface area contributed by atoms with Crippen molar-refractivity contribution < 1.29 is 9.63 Å². The van der Waals surface area contributed by atoms with Crippen molar-refractivity contribution >= 4 is 0 Å². The molecular weight excluding hydrogens is 300 g/mol. The topological polar surface area (TPSA) is 49.5 Å². The number of aliphatic hydroxyl groups excluding tert-OH is 1. The molecule has 3 heterocycles. The molecule has 4 rings (SSSR count). The van der Waals surface area contributed by atoms with Gasteiger partial charge < -0.3 is 9.63 Å². The summed E-state index contributed by atoms with van der Waals surface area (Å²) < 4.78 is 5.34. The van der Waals surface area contributed by atoms with E-state index in [9.17, 15) is 5.11 Å². The molecule has 2 saturated heterocycles. The van der Waals surface area contributed by atoms with Crippen LogP contribution >= 0.6 is 0 Å². The van der Waals surface area contributed by atoms with Gasteiger partial charge in [-0.15, -0.1) is 0 Å². The van der Waals surface area contributed by atoms with E-state index in [2.05, 4.69) is 40.4 Å². The molecule has 0 aliphatic carbocycles. The fourth-order valence-corrected chi connectivity index (χ4v) is 4.99. The smallest absolute Gasteiger partial charge is 0.138 e. The van der Waals surface area contributed by atoms with Crippen LogP contribution < -0.4 is 0 Å². The van der Waals surface area contributed by atoms with Crippen LogP contribution in [-0.2, 0) is 13.0 Å². The lowest BCUT2D eigenvalue weighted by Gasteiger charge is -2.36. The third-order valence-electron chi connectivity index (χ3n) is 6.23. The minimum atomic E-state index is -0.0107. The van der Waals surface area contributed by atoms with Crippen molar-refractivity contribution in [3.05, 3.63) is 52.9 Å². The van der Waals surface area contributed by atoms with Gasteiger partial charge in [-0.3, -0.25) is 4.90 Å². The first-order chi connectivity index (χ1) is 11.6. The lowest BCUT2D eigenvalue weighted by atomic mass is 9.70. The number of nitrogens with zero attached hydrogens (tertiary/aromatic N) is 2. The van der Waals surface area contributed by atoms with Gasteiger partial charge in [0.15, 0.2) is 0 Å². The number of hydrogen-bond acceptors (Lipinski definition) is 4. The lowest BCUT2D eigenvalue weighted by molar-refractivity contribution is 0.0749. The van der Waals surface area contributed by atoms with Gasteiger partial charge in [0.05, 0.1) is 12.3 Å². The predicted molar refractivity (Wildman–Crippen MR) is 92.6 cm³/mol. The summed E-state index contributed by atoms with van der Waals surface area (Å²) in [5, 5.41) is 14.4. The van der Waals surface area contributed by atoms with Gasteiger partial charge in [0, 0.05) is 29.6 Å². The Balaban J connectivity index is 1.59. The van der Waals surface area contributed by atoms with E-state index in [0.717, 1.165) is 30.8 Å². The van der Waals surface area contributed by atoms with Gasteiger partial charge >= 0.3 is 0 Å². The number of aromatic nitrogens is 1. The molecule has 24 heavy (non-hydrogen) atoms. The molecule has 0 radical (unpaired) electrons. The Labute approximate surface area is 143 Å². The number of aliphatic hydroxyl groups is 1. The summed E-state index contributed by atoms with van der Waals surface area (Å²) >= 11 is 0. The van der Waals surface area contributed by atoms with E-state index in [-0.39, 0.29) is 12.0 Å². The largest absolute Gasteiger partial charge is 0.396 e. The molecule has 1 aromatic carbocycles. The molecule has 4 heteroatoms. The Morgan fingerprint density at radius 3 is 2.71 bits per heavy atom. The van der Waals surface area contributed by atoms with Crippen LogP contribution in [-0.4, -0.2) is 33.9 Å². The first kappa shape index (κ1) is 15.9. The van der Waals surface area contributed by atoms with Crippen molar-refractivity contribution in [3.63, 3.8) is 0 Å². The molecule has 0 amide bonds. The van der Waals surface area contributed by atoms with Crippen molar-refractivity contribution in [2.24, 2.45) is 5.41 Å². The number of aryl methyl sites for hydroxylation is 2. The third kappa shape index (κ3) is 2.49. The molecule has 0 spiro atoms. The quantitative estimate of drug-likeness (QED) is 0.916. The van der Waals surface area contributed by atoms with Gasteiger partial charge in [0.1, 0.15) is 5.76 Å². The summed E-state index contributed by atoms with van der Waals surface area (Å²) in [6.45, 7) is 5.18. The monoisotopic (exact) mass is 326 g/mol. The second-order valence-corrected chi connectivity index (χ2v) is 7.61. The Bertz CT molecular complexity index is 692. The molecule has 2 aromatic rings. The maximum absolute atomic E-state index is 10.3. The first-order valence-electron chi connectivity index (χ1n) is 8.95. The van der Waals surface area contributed by atoms with Crippen LogP contribution in [0.3, 0.4) is 0 Å². The number of rotatable bonds is 5. The standard InChI is InChI=1S/C20H26N2O2/c1-14-18(15(2)24-21-14)12-22-17-8-9-19(22)20(11-17,13-23)10-16-6-4-3-5-7-16/h3-7,17,19,23H,8-13H2,1-2H3/t17-,19+,20-/m0/s1. The molecule has 1 N–H and O–H groups in total. The van der Waals surface area contributed by atoms with Crippen LogP contribution in [0.25, 0.3) is 0 Å². The maximum atomic E-state index is 10.3. The van der Waals surface area contributed by atoms with Gasteiger partial charge in [-0.2, -0.15) is 0 Å². The number of fused-ring (bicyclic) bond motifs is 2. The van der Waals surface area contributed by atoms with E-state index in [1.165, 1.54) is 24.0 Å². The van der Waals surface area contributed by atoms with Crippen LogP contribution in [0.5, 0.6) is 0 Å². The van der Waals surface area contributed by atoms with Crippen LogP contribution in [0.4, 0.5) is 0 Å². The lowest BCUT2D eigenvalue weighted by Crippen LogP contribution is -2.41. The highest BCUT2D eigenvalue weighted by Crippen LogP contribution is 2.52. The highest BCUT2D eigenvalue weighted by molar-refractivity contribution is 5.24. The molecule has 1 aromatic heterocycles. The van der Waals surface area contributed by atoms with Gasteiger partial charge in [-0.25, -0.2) is 0 Å². The second-order valence-electron chi connectivity index (χ2n) is 7.61. The Morgan fingerprint density at radius 1 is 1.25 bits per heavy atom. The average molecular weight is 326 g/mol. The zero-order valence-corrected chi connectivity index (χ0v) is 14.5. The van der Waals surface area contributed by atoms with E-state index in [1.807, 2.05) is 13.8 Å². The van der Waals surface area contributed by atoms with Gasteiger partial charge in [0.2, 0.25) is 0 Å². The van der Waals surface area contributed by atoms with Crippen LogP contribution in [0.2, 0.25) is 0 Å². The summed E-state index contributed by atoms with van der Waals surface area (Å²) in [6.07, 6.45) is 4.47. The molecule has 2 bridgehead atoms. The Kier molecular flexibility index (Phi) is 3.97. The van der Waals surface area contributed by atoms with E-state index < -0.39 is 0 Å². The number of hydrogen-bond donors (Lipinski definition) is 1. The summed E-state index contributed by atoms with van der Waals surface area (Å²) in [5.74, 6) is 0.927. The predicted octanol–water partition coefficient (Wildman–Crippen LogP) is 3.25. The molecule has 2 aliphatic heterocycles. The van der Waals surface area contributed by atoms with E-state index in [4.69, 9.17) is 4.52 Å². The van der Waals surface area contributed by atoms with Crippen LogP contribution in [0.1, 0.15) is 41.8 Å². The number of benzene rings is 1. The summed E-state index contributed by atoms with van der Waals surface area (Å²) in [5.41, 5.74) is 3.54. The minimum Gasteiger partial charge on any atom is -0.396 e. The normalized spacial score (nSPS) is 29.5. The summed E-state index contributed by atoms with van der Waals surface area (Å²) in [4.78, 5) is 2.60. The Morgan fingerprint density at radius 2 is 2.04 bits per heavy atom. The van der Waals surface area contributed by atoms with E-state index in [1.54, 1.807) is 0 Å². The zero-order valence-electron chi connectivity index (χ0n) is 14.5. The van der Waals surface area contributed by atoms with Crippen molar-refractivity contribution in [2.75, 3.05) is 6.61 Å². The average Bonchev–Trinajstić information content (AvgIpc) is 3.23. The van der Waals surface area contributed by atoms with Gasteiger partial charge in [-0.1, -0.05) is 35.5 Å². The molecule has 128 valence electrons. The van der Waals surface area contributed by atoms with Crippen LogP contribution in [0, 0.1) is 19.3 Å². The fourth-order valence-electron chi connectivity index (χ4n) is 4.99. The fraction of sp³-hybridized carbons (Fsp3) is 0.550. The molecule has 2 fully saturated rings. The van der Waals surface area contributed by atoms with Crippen molar-refractivity contribution in [1.82, 2.24) is 10.1 Å². The zero-order chi connectivity index (χ0) is 16.7. The molecule has 0 unspecified atom stereocenters. The molecule has 3 atom stereocenters. The van der Waals surface area contributed by atoms with Crippen molar-refractivity contribution in [2.45, 2.75) is 58.2 Å². The molecule has 2 aliphatic rings. The van der Waals surface area contributed by atoms with E-state index in [0.29, 0.717) is 12.1 Å². The molecular formula is C20H26N2O2. The van der Waals surface area contributed by atoms with E-state index >= 15 is 0 Å². The van der Waals surface area contributed by atoms with Crippen LogP contribution in [0.15, 0.2) is 34.9 Å². The van der Waals surface area contributed by atoms with Gasteiger partial charge in [0.25, 0.3) is 0 Å². The molecule has 4 nitrogen and oxygen atoms in total. The maximum Gasteiger partial charge on any atom is 0.138 e. The first-order valence-corrected chi connectivity index (χ1v) is 8.95. The Hall–Kier alpha value is -1.65. The highest BCUT2D eigenvalue weighted by Gasteiger charge is 2.55. The minimum absolute atomic E-state index is 0.0107. The molecule has 0 saturated carbocycles. The summed E-state index contributed by atoms with van der Waals surface area (Å²) in [7, 11) is 0. The van der Waals surface area contributed by atoms with Crippen molar-refractivity contribution in [1.29, 1.82) is 0 Å². The summed E-state index contributed by atoms with van der Waals surface area (Å²) in [6, 6.07) is 11.6. The second kappa shape index (κ2) is 6.01. The van der Waals surface area contributed by atoms with Crippen molar-refractivity contribution in [3.8, 4) is 0 Å².